The van der Waals surface area contributed by atoms with Crippen molar-refractivity contribution in [3.8, 4) is 0 Å². The summed E-state index contributed by atoms with van der Waals surface area (Å²) in [4.78, 5) is 45.1. The van der Waals surface area contributed by atoms with Gasteiger partial charge in [-0.3, -0.25) is 24.5 Å². The number of carbonyl (C=O) groups excluding carboxylic acids is 2. The summed E-state index contributed by atoms with van der Waals surface area (Å²) in [6.07, 6.45) is -0.176. The van der Waals surface area contributed by atoms with Gasteiger partial charge in [0.15, 0.2) is 6.10 Å². The van der Waals surface area contributed by atoms with Crippen molar-refractivity contribution in [2.24, 2.45) is 5.92 Å². The number of nitro groups is 1. The van der Waals surface area contributed by atoms with Crippen LogP contribution in [0.2, 0.25) is 0 Å². The van der Waals surface area contributed by atoms with Crippen LogP contribution >= 0.6 is 0 Å². The summed E-state index contributed by atoms with van der Waals surface area (Å²) in [5.41, 5.74) is 2.68. The number of amides is 2. The zero-order valence-electron chi connectivity index (χ0n) is 17.8. The van der Waals surface area contributed by atoms with Crippen LogP contribution in [0.15, 0.2) is 78.9 Å². The van der Waals surface area contributed by atoms with Crippen LogP contribution in [0.1, 0.15) is 24.1 Å². The first-order valence-electron chi connectivity index (χ1n) is 10.7. The summed E-state index contributed by atoms with van der Waals surface area (Å²) in [6.45, 7) is 2.03. The smallest absolute Gasteiger partial charge is 0.269 e. The topological polar surface area (TPSA) is 93.0 Å². The molecule has 2 fully saturated rings. The van der Waals surface area contributed by atoms with E-state index >= 15 is 0 Å². The molecule has 3 aromatic carbocycles. The van der Waals surface area contributed by atoms with Crippen molar-refractivity contribution >= 4 is 28.9 Å². The molecule has 0 saturated carbocycles. The van der Waals surface area contributed by atoms with E-state index in [4.69, 9.17) is 4.84 Å². The Hall–Kier alpha value is -4.04. The van der Waals surface area contributed by atoms with E-state index in [1.54, 1.807) is 24.3 Å². The first-order valence-corrected chi connectivity index (χ1v) is 10.7. The van der Waals surface area contributed by atoms with Gasteiger partial charge in [-0.25, -0.2) is 9.96 Å². The quantitative estimate of drug-likeness (QED) is 0.333. The number of anilines is 2. The number of aryl methyl sites for hydroxylation is 1. The summed E-state index contributed by atoms with van der Waals surface area (Å²) < 4.78 is 0. The van der Waals surface area contributed by atoms with Crippen molar-refractivity contribution in [1.29, 1.82) is 0 Å². The zero-order chi connectivity index (χ0) is 23.1. The molecule has 2 amide bonds. The molecule has 8 heteroatoms. The Balaban J connectivity index is 1.58. The van der Waals surface area contributed by atoms with E-state index in [-0.39, 0.29) is 11.6 Å². The Morgan fingerprint density at radius 2 is 1.64 bits per heavy atom. The first-order chi connectivity index (χ1) is 16.0. The molecule has 0 radical (unpaired) electrons. The minimum atomic E-state index is -1.02. The maximum Gasteiger partial charge on any atom is 0.269 e. The van der Waals surface area contributed by atoms with E-state index in [2.05, 4.69) is 0 Å². The molecular formula is C25H21N3O5. The number of nitrogens with zero attached hydrogens (tertiary/aromatic N) is 3. The lowest BCUT2D eigenvalue weighted by atomic mass is 9.90. The standard InChI is InChI=1S/C25H21N3O5/c1-2-16-11-13-18(14-12-16)26-24(29)21-22(17-7-6-10-20(15-17)28(31)32)27(33-23(21)25(26)30)19-8-4-3-5-9-19/h3-15,21-23H,2H2,1H3/t21-,22-,23+/m0/s1. The van der Waals surface area contributed by atoms with Crippen molar-refractivity contribution in [3.63, 3.8) is 0 Å². The Bertz CT molecular complexity index is 1230. The van der Waals surface area contributed by atoms with E-state index in [0.29, 0.717) is 16.9 Å². The molecule has 0 N–H and O–H groups in total. The maximum atomic E-state index is 13.6. The molecule has 5 rings (SSSR count). The van der Waals surface area contributed by atoms with Gasteiger partial charge in [0.05, 0.1) is 22.3 Å². The van der Waals surface area contributed by atoms with Gasteiger partial charge < -0.3 is 0 Å². The minimum absolute atomic E-state index is 0.0901. The van der Waals surface area contributed by atoms with Gasteiger partial charge in [0, 0.05) is 12.1 Å². The van der Waals surface area contributed by atoms with Crippen LogP contribution in [0.25, 0.3) is 0 Å². The largest absolute Gasteiger partial charge is 0.273 e. The number of para-hydroxylation sites is 1. The molecule has 2 heterocycles. The van der Waals surface area contributed by atoms with Gasteiger partial charge in [0.1, 0.15) is 5.92 Å². The zero-order valence-corrected chi connectivity index (χ0v) is 17.8. The van der Waals surface area contributed by atoms with Crippen molar-refractivity contribution < 1.29 is 19.3 Å². The normalized spacial score (nSPS) is 22.0. The SMILES string of the molecule is CCc1ccc(N2C(=O)[C@@H]3[C@@H](ON(c4ccccc4)[C@H]3c3cccc([N+](=O)[O-])c3)C2=O)cc1. The van der Waals surface area contributed by atoms with Crippen molar-refractivity contribution in [2.45, 2.75) is 25.5 Å². The molecular weight excluding hydrogens is 422 g/mol. The highest BCUT2D eigenvalue weighted by molar-refractivity contribution is 6.23. The molecule has 0 bridgehead atoms. The molecule has 3 aromatic rings. The van der Waals surface area contributed by atoms with Gasteiger partial charge in [-0.15, -0.1) is 0 Å². The number of hydroxylamine groups is 1. The number of fused-ring (bicyclic) bond motifs is 1. The second-order valence-corrected chi connectivity index (χ2v) is 8.04. The number of hydrogen-bond acceptors (Lipinski definition) is 6. The van der Waals surface area contributed by atoms with Gasteiger partial charge in [0.2, 0.25) is 5.91 Å². The second-order valence-electron chi connectivity index (χ2n) is 8.04. The highest BCUT2D eigenvalue weighted by Crippen LogP contribution is 2.47. The molecule has 3 atom stereocenters. The number of rotatable bonds is 5. The van der Waals surface area contributed by atoms with Crippen LogP contribution < -0.4 is 9.96 Å². The van der Waals surface area contributed by atoms with Gasteiger partial charge >= 0.3 is 0 Å². The number of benzene rings is 3. The fourth-order valence-electron chi connectivity index (χ4n) is 4.51. The van der Waals surface area contributed by atoms with Crippen LogP contribution in [0.5, 0.6) is 0 Å². The van der Waals surface area contributed by atoms with Crippen LogP contribution in [-0.2, 0) is 20.8 Å². The molecule has 166 valence electrons. The van der Waals surface area contributed by atoms with Crippen LogP contribution in [-0.4, -0.2) is 22.8 Å². The predicted molar refractivity (Wildman–Crippen MR) is 121 cm³/mol. The minimum Gasteiger partial charge on any atom is -0.273 e. The van der Waals surface area contributed by atoms with Crippen LogP contribution in [0.4, 0.5) is 17.1 Å². The molecule has 0 aromatic heterocycles. The summed E-state index contributed by atoms with van der Waals surface area (Å²) in [7, 11) is 0. The molecule has 2 saturated heterocycles. The van der Waals surface area contributed by atoms with Gasteiger partial charge in [-0.05, 0) is 41.8 Å². The Labute approximate surface area is 190 Å². The van der Waals surface area contributed by atoms with Gasteiger partial charge in [-0.2, -0.15) is 0 Å². The highest BCUT2D eigenvalue weighted by atomic mass is 16.7. The number of hydrogen-bond donors (Lipinski definition) is 0. The molecule has 33 heavy (non-hydrogen) atoms. The highest BCUT2D eigenvalue weighted by Gasteiger charge is 2.60. The Morgan fingerprint density at radius 3 is 2.30 bits per heavy atom. The molecule has 0 spiro atoms. The first kappa shape index (κ1) is 20.8. The lowest BCUT2D eigenvalue weighted by Crippen LogP contribution is -2.37. The van der Waals surface area contributed by atoms with Gasteiger partial charge in [-0.1, -0.05) is 49.4 Å². The number of imide groups is 1. The van der Waals surface area contributed by atoms with Crippen molar-refractivity contribution in [1.82, 2.24) is 0 Å². The molecule has 8 nitrogen and oxygen atoms in total. The average molecular weight is 443 g/mol. The number of non-ortho nitro benzene ring substituents is 1. The van der Waals surface area contributed by atoms with Crippen LogP contribution in [0, 0.1) is 16.0 Å². The molecule has 2 aliphatic rings. The lowest BCUT2D eigenvalue weighted by Gasteiger charge is -2.28. The molecule has 0 aliphatic carbocycles. The summed E-state index contributed by atoms with van der Waals surface area (Å²) >= 11 is 0. The Morgan fingerprint density at radius 1 is 0.909 bits per heavy atom. The molecule has 0 unspecified atom stereocenters. The summed E-state index contributed by atoms with van der Waals surface area (Å²) in [5.74, 6) is -1.67. The summed E-state index contributed by atoms with van der Waals surface area (Å²) in [6, 6.07) is 21.8. The third-order valence-corrected chi connectivity index (χ3v) is 6.15. The fourth-order valence-corrected chi connectivity index (χ4v) is 4.51. The number of nitro benzene ring substituents is 1. The third-order valence-electron chi connectivity index (χ3n) is 6.15. The lowest BCUT2D eigenvalue weighted by molar-refractivity contribution is -0.384. The summed E-state index contributed by atoms with van der Waals surface area (Å²) in [5, 5.41) is 12.9. The third kappa shape index (κ3) is 3.44. The molecule has 2 aliphatic heterocycles. The van der Waals surface area contributed by atoms with Crippen molar-refractivity contribution in [2.75, 3.05) is 9.96 Å². The van der Waals surface area contributed by atoms with E-state index < -0.39 is 28.9 Å². The predicted octanol–water partition coefficient (Wildman–Crippen LogP) is 4.21. The van der Waals surface area contributed by atoms with E-state index in [9.17, 15) is 19.7 Å². The van der Waals surface area contributed by atoms with Crippen LogP contribution in [0.3, 0.4) is 0 Å². The second kappa shape index (κ2) is 8.14. The van der Waals surface area contributed by atoms with E-state index in [1.165, 1.54) is 22.1 Å². The van der Waals surface area contributed by atoms with Crippen molar-refractivity contribution in [3.05, 3.63) is 100 Å². The average Bonchev–Trinajstić information content (AvgIpc) is 3.36. The van der Waals surface area contributed by atoms with E-state index in [1.807, 2.05) is 49.4 Å². The Kier molecular flexibility index (Phi) is 5.14. The van der Waals surface area contributed by atoms with E-state index in [0.717, 1.165) is 12.0 Å². The number of carbonyl (C=O) groups is 2. The van der Waals surface area contributed by atoms with Gasteiger partial charge in [0.25, 0.3) is 11.6 Å². The maximum absolute atomic E-state index is 13.6. The fraction of sp³-hybridized carbons (Fsp3) is 0.200. The monoisotopic (exact) mass is 443 g/mol.